The maximum absolute atomic E-state index is 13.7. The molecule has 3 heterocycles. The van der Waals surface area contributed by atoms with Gasteiger partial charge in [-0.25, -0.2) is 8.42 Å². The Labute approximate surface area is 231 Å². The number of fused-ring (bicyclic) bond motifs is 1. The molecule has 1 unspecified atom stereocenters. The van der Waals surface area contributed by atoms with Crippen LogP contribution in [0.1, 0.15) is 73.9 Å². The predicted octanol–water partition coefficient (Wildman–Crippen LogP) is 4.44. The first-order valence-corrected chi connectivity index (χ1v) is 15.3. The summed E-state index contributed by atoms with van der Waals surface area (Å²) in [5, 5.41) is 8.38. The zero-order valence-electron chi connectivity index (χ0n) is 23.3. The van der Waals surface area contributed by atoms with Gasteiger partial charge in [-0.05, 0) is 80.2 Å². The van der Waals surface area contributed by atoms with Gasteiger partial charge >= 0.3 is 5.97 Å². The Kier molecular flexibility index (Phi) is 9.50. The van der Waals surface area contributed by atoms with Gasteiger partial charge in [-0.2, -0.15) is 4.31 Å². The molecule has 3 aromatic rings. The number of benzene rings is 1. The predicted molar refractivity (Wildman–Crippen MR) is 149 cm³/mol. The van der Waals surface area contributed by atoms with E-state index in [9.17, 15) is 13.2 Å². The van der Waals surface area contributed by atoms with Gasteiger partial charge in [0, 0.05) is 38.2 Å². The molecule has 1 aliphatic rings. The lowest BCUT2D eigenvalue weighted by molar-refractivity contribution is -0.143. The molecule has 0 saturated carbocycles. The summed E-state index contributed by atoms with van der Waals surface area (Å²) in [5.74, 6) is -0.115. The highest BCUT2D eigenvalue weighted by atomic mass is 32.2. The molecule has 1 aliphatic heterocycles. The lowest BCUT2D eigenvalue weighted by Gasteiger charge is -2.25. The van der Waals surface area contributed by atoms with E-state index in [1.165, 1.54) is 6.20 Å². The van der Waals surface area contributed by atoms with Crippen LogP contribution in [0.5, 0.6) is 0 Å². The SMILES string of the molecule is CCOC(=O)CC(CCc1cn(CC)nn1)c1ccc(C)c(CN2C[C@@H](CC)Cc3ccncc3S2(=O)=O)c1. The highest BCUT2D eigenvalue weighted by Gasteiger charge is 2.33. The van der Waals surface area contributed by atoms with Crippen LogP contribution in [0.4, 0.5) is 0 Å². The summed E-state index contributed by atoms with van der Waals surface area (Å²) in [6.45, 7) is 9.72. The van der Waals surface area contributed by atoms with Gasteiger partial charge in [0.15, 0.2) is 0 Å². The van der Waals surface area contributed by atoms with Crippen molar-refractivity contribution in [2.24, 2.45) is 5.92 Å². The van der Waals surface area contributed by atoms with Crippen LogP contribution in [0.2, 0.25) is 0 Å². The summed E-state index contributed by atoms with van der Waals surface area (Å²) in [5.41, 5.74) is 4.65. The Morgan fingerprint density at radius 1 is 1.21 bits per heavy atom. The van der Waals surface area contributed by atoms with E-state index in [0.717, 1.165) is 40.9 Å². The lowest BCUT2D eigenvalue weighted by atomic mass is 9.88. The molecule has 0 spiro atoms. The second kappa shape index (κ2) is 12.8. The molecule has 4 rings (SSSR count). The molecule has 2 aromatic heterocycles. The van der Waals surface area contributed by atoms with Gasteiger partial charge in [-0.3, -0.25) is 14.5 Å². The van der Waals surface area contributed by atoms with Gasteiger partial charge < -0.3 is 4.74 Å². The van der Waals surface area contributed by atoms with Crippen molar-refractivity contribution in [3.8, 4) is 0 Å². The first-order chi connectivity index (χ1) is 18.7. The number of carbonyl (C=O) groups is 1. The number of nitrogens with zero attached hydrogens (tertiary/aromatic N) is 5. The maximum Gasteiger partial charge on any atom is 0.306 e. The monoisotopic (exact) mass is 553 g/mol. The minimum absolute atomic E-state index is 0.0933. The Hall–Kier alpha value is -3.11. The van der Waals surface area contributed by atoms with E-state index in [0.29, 0.717) is 37.3 Å². The fourth-order valence-corrected chi connectivity index (χ4v) is 6.85. The van der Waals surface area contributed by atoms with Gasteiger partial charge in [0.05, 0.1) is 18.7 Å². The van der Waals surface area contributed by atoms with E-state index in [2.05, 4.69) is 28.3 Å². The zero-order chi connectivity index (χ0) is 28.0. The number of pyridine rings is 1. The van der Waals surface area contributed by atoms with E-state index < -0.39 is 10.0 Å². The summed E-state index contributed by atoms with van der Waals surface area (Å²) in [6, 6.07) is 7.95. The van der Waals surface area contributed by atoms with Crippen molar-refractivity contribution in [2.75, 3.05) is 13.2 Å². The standard InChI is InChI=1S/C29H39N5O4S/c1-5-22-14-25-12-13-30-17-28(25)39(36,37)34(18-22)19-26-15-23(9-8-21(26)4)24(16-29(35)38-7-3)10-11-27-20-33(6-2)32-31-27/h8-9,12-13,15,17,20,22,24H,5-7,10-11,14,16,18-19H2,1-4H3/t22-,24?/m0/s1. The number of hydrogen-bond donors (Lipinski definition) is 0. The van der Waals surface area contributed by atoms with Crippen molar-refractivity contribution in [1.82, 2.24) is 24.3 Å². The third-order valence-electron chi connectivity index (χ3n) is 7.60. The summed E-state index contributed by atoms with van der Waals surface area (Å²) < 4.78 is 36.1. The molecule has 39 heavy (non-hydrogen) atoms. The molecule has 0 bridgehead atoms. The van der Waals surface area contributed by atoms with Gasteiger partial charge in [0.1, 0.15) is 4.90 Å². The van der Waals surface area contributed by atoms with Gasteiger partial charge in [0.25, 0.3) is 0 Å². The second-order valence-corrected chi connectivity index (χ2v) is 12.2. The van der Waals surface area contributed by atoms with E-state index in [1.807, 2.05) is 38.2 Å². The molecular formula is C29H39N5O4S. The molecule has 210 valence electrons. The Morgan fingerprint density at radius 2 is 2.03 bits per heavy atom. The van der Waals surface area contributed by atoms with E-state index in [4.69, 9.17) is 4.74 Å². The van der Waals surface area contributed by atoms with Crippen molar-refractivity contribution in [3.63, 3.8) is 0 Å². The van der Waals surface area contributed by atoms with Crippen LogP contribution in [-0.4, -0.2) is 51.8 Å². The molecular weight excluding hydrogens is 514 g/mol. The lowest BCUT2D eigenvalue weighted by Crippen LogP contribution is -2.33. The average molecular weight is 554 g/mol. The molecule has 9 nitrogen and oxygen atoms in total. The largest absolute Gasteiger partial charge is 0.466 e. The van der Waals surface area contributed by atoms with E-state index >= 15 is 0 Å². The van der Waals surface area contributed by atoms with Gasteiger partial charge in [-0.1, -0.05) is 36.8 Å². The third kappa shape index (κ3) is 6.91. The number of ether oxygens (including phenoxy) is 1. The zero-order valence-corrected chi connectivity index (χ0v) is 24.2. The molecule has 2 atom stereocenters. The van der Waals surface area contributed by atoms with Crippen molar-refractivity contribution < 1.29 is 17.9 Å². The molecule has 1 aromatic carbocycles. The van der Waals surface area contributed by atoms with Crippen LogP contribution in [-0.2, 0) is 45.5 Å². The van der Waals surface area contributed by atoms with Crippen LogP contribution in [0.3, 0.4) is 0 Å². The number of sulfonamides is 1. The van der Waals surface area contributed by atoms with Gasteiger partial charge in [-0.15, -0.1) is 5.10 Å². The van der Waals surface area contributed by atoms with Crippen LogP contribution in [0.15, 0.2) is 47.8 Å². The normalized spacial score (nSPS) is 17.8. The minimum Gasteiger partial charge on any atom is -0.466 e. The average Bonchev–Trinajstić information content (AvgIpc) is 3.35. The number of hydrogen-bond acceptors (Lipinski definition) is 7. The minimum atomic E-state index is -3.70. The summed E-state index contributed by atoms with van der Waals surface area (Å²) in [6.07, 6.45) is 8.29. The summed E-state index contributed by atoms with van der Waals surface area (Å²) >= 11 is 0. The van der Waals surface area contributed by atoms with E-state index in [1.54, 1.807) is 22.1 Å². The van der Waals surface area contributed by atoms with Crippen molar-refractivity contribution >= 4 is 16.0 Å². The summed E-state index contributed by atoms with van der Waals surface area (Å²) in [4.78, 5) is 16.9. The highest BCUT2D eigenvalue weighted by molar-refractivity contribution is 7.89. The quantitative estimate of drug-likeness (QED) is 0.323. The molecule has 0 N–H and O–H groups in total. The molecule has 0 fully saturated rings. The molecule has 10 heteroatoms. The molecule has 0 aliphatic carbocycles. The van der Waals surface area contributed by atoms with Crippen LogP contribution < -0.4 is 0 Å². The first-order valence-electron chi connectivity index (χ1n) is 13.8. The number of esters is 1. The number of carbonyl (C=O) groups excluding carboxylic acids is 1. The summed E-state index contributed by atoms with van der Waals surface area (Å²) in [7, 11) is -3.70. The van der Waals surface area contributed by atoms with E-state index in [-0.39, 0.29) is 30.8 Å². The smallest absolute Gasteiger partial charge is 0.306 e. The number of aryl methyl sites for hydroxylation is 3. The fraction of sp³-hybridized carbons (Fsp3) is 0.517. The number of rotatable bonds is 11. The second-order valence-electron chi connectivity index (χ2n) is 10.3. The Balaban J connectivity index is 1.62. The van der Waals surface area contributed by atoms with Gasteiger partial charge in [0.2, 0.25) is 10.0 Å². The Morgan fingerprint density at radius 3 is 2.74 bits per heavy atom. The van der Waals surface area contributed by atoms with Crippen molar-refractivity contribution in [1.29, 1.82) is 0 Å². The molecule has 0 radical (unpaired) electrons. The fourth-order valence-electron chi connectivity index (χ4n) is 5.18. The topological polar surface area (TPSA) is 107 Å². The van der Waals surface area contributed by atoms with Crippen molar-refractivity contribution in [3.05, 3.63) is 70.8 Å². The van der Waals surface area contributed by atoms with Crippen LogP contribution >= 0.6 is 0 Å². The number of aromatic nitrogens is 4. The Bertz CT molecular complexity index is 1390. The highest BCUT2D eigenvalue weighted by Crippen LogP contribution is 2.32. The van der Waals surface area contributed by atoms with Crippen molar-refractivity contribution in [2.45, 2.75) is 83.7 Å². The molecule has 0 saturated heterocycles. The van der Waals surface area contributed by atoms with Crippen LogP contribution in [0, 0.1) is 12.8 Å². The first kappa shape index (κ1) is 28.9. The molecule has 0 amide bonds. The maximum atomic E-state index is 13.7. The van der Waals surface area contributed by atoms with Crippen LogP contribution in [0.25, 0.3) is 0 Å². The third-order valence-corrected chi connectivity index (χ3v) is 9.49.